The summed E-state index contributed by atoms with van der Waals surface area (Å²) in [6.07, 6.45) is -5.97. The van der Waals surface area contributed by atoms with Crippen LogP contribution in [0.2, 0.25) is 5.02 Å². The molecule has 140 valence electrons. The van der Waals surface area contributed by atoms with Gasteiger partial charge in [-0.2, -0.15) is 25.9 Å². The van der Waals surface area contributed by atoms with E-state index in [4.69, 9.17) is 16.3 Å². The van der Waals surface area contributed by atoms with Crippen molar-refractivity contribution >= 4 is 28.0 Å². The van der Waals surface area contributed by atoms with E-state index in [-0.39, 0.29) is 5.56 Å². The van der Waals surface area contributed by atoms with Crippen molar-refractivity contribution in [1.29, 1.82) is 0 Å². The minimum Gasteiger partial charge on any atom is -0.443 e. The van der Waals surface area contributed by atoms with E-state index >= 15 is 0 Å². The molecule has 0 saturated carbocycles. The molecule has 1 atom stereocenters. The predicted molar refractivity (Wildman–Crippen MR) is 82.1 cm³/mol. The van der Waals surface area contributed by atoms with Crippen molar-refractivity contribution in [3.8, 4) is 0 Å². The van der Waals surface area contributed by atoms with Crippen LogP contribution in [0.3, 0.4) is 0 Å². The number of alkyl halides is 3. The lowest BCUT2D eigenvalue weighted by atomic mass is 10.0. The second-order valence-electron chi connectivity index (χ2n) is 6.27. The first-order valence-electron chi connectivity index (χ1n) is 7.01. The van der Waals surface area contributed by atoms with Gasteiger partial charge >= 0.3 is 22.6 Å². The highest BCUT2D eigenvalue weighted by Gasteiger charge is 2.46. The normalized spacial score (nSPS) is 20.6. The molecule has 1 aliphatic rings. The molecule has 1 saturated heterocycles. The van der Waals surface area contributed by atoms with Gasteiger partial charge in [-0.15, -0.1) is 0 Å². The minimum absolute atomic E-state index is 0.0938. The van der Waals surface area contributed by atoms with Crippen LogP contribution in [0, 0.1) is 0 Å². The Morgan fingerprint density at radius 3 is 2.44 bits per heavy atom. The number of hydrogen-bond donors (Lipinski definition) is 0. The molecule has 2 rings (SSSR count). The average molecular weight is 402 g/mol. The first-order valence-corrected chi connectivity index (χ1v) is 8.75. The number of amides is 1. The highest BCUT2D eigenvalue weighted by molar-refractivity contribution is 7.85. The van der Waals surface area contributed by atoms with Crippen molar-refractivity contribution < 1.29 is 35.3 Å². The molecule has 0 spiro atoms. The number of halogens is 4. The number of hydrogen-bond acceptors (Lipinski definition) is 5. The maximum absolute atomic E-state index is 13.0. The van der Waals surface area contributed by atoms with Gasteiger partial charge in [0, 0.05) is 0 Å². The molecule has 0 bridgehead atoms. The molecular formula is C14H15ClF3NO5S. The summed E-state index contributed by atoms with van der Waals surface area (Å²) in [5, 5.41) is -0.540. The summed E-state index contributed by atoms with van der Waals surface area (Å²) in [6.45, 7) is 4.04. The topological polar surface area (TPSA) is 72.9 Å². The summed E-state index contributed by atoms with van der Waals surface area (Å²) in [5.41, 5.74) is -2.24. The fourth-order valence-corrected chi connectivity index (χ4v) is 3.51. The molecule has 11 heteroatoms. The summed E-state index contributed by atoms with van der Waals surface area (Å²) in [6, 6.07) is 1.58. The van der Waals surface area contributed by atoms with Gasteiger partial charge in [0.1, 0.15) is 11.6 Å². The lowest BCUT2D eigenvalue weighted by molar-refractivity contribution is -0.137. The third kappa shape index (κ3) is 4.36. The molecule has 0 N–H and O–H groups in total. The van der Waals surface area contributed by atoms with Crippen LogP contribution in [0.4, 0.5) is 18.0 Å². The van der Waals surface area contributed by atoms with Crippen LogP contribution in [-0.2, 0) is 25.4 Å². The Hall–Kier alpha value is -1.52. The lowest BCUT2D eigenvalue weighted by Gasteiger charge is -2.26. The Morgan fingerprint density at radius 1 is 1.32 bits per heavy atom. The maximum Gasteiger partial charge on any atom is 0.426 e. The molecule has 1 aromatic carbocycles. The maximum atomic E-state index is 13.0. The van der Waals surface area contributed by atoms with Gasteiger partial charge in [0.15, 0.2) is 0 Å². The Kier molecular flexibility index (Phi) is 5.01. The van der Waals surface area contributed by atoms with Gasteiger partial charge in [-0.25, -0.2) is 4.79 Å². The fraction of sp³-hybridized carbons (Fsp3) is 0.500. The average Bonchev–Trinajstić information content (AvgIpc) is 2.71. The van der Waals surface area contributed by atoms with Gasteiger partial charge in [-0.1, -0.05) is 17.7 Å². The first-order chi connectivity index (χ1) is 11.2. The van der Waals surface area contributed by atoms with Crippen molar-refractivity contribution in [2.45, 2.75) is 38.6 Å². The van der Waals surface area contributed by atoms with Crippen molar-refractivity contribution in [3.63, 3.8) is 0 Å². The van der Waals surface area contributed by atoms with Gasteiger partial charge in [0.25, 0.3) is 0 Å². The van der Waals surface area contributed by atoms with E-state index in [2.05, 4.69) is 4.18 Å². The number of carbonyl (C=O) groups is 1. The number of rotatable bonds is 1. The summed E-state index contributed by atoms with van der Waals surface area (Å²) in [5.74, 6) is 0. The lowest BCUT2D eigenvalue weighted by Crippen LogP contribution is -2.39. The summed E-state index contributed by atoms with van der Waals surface area (Å²) < 4.78 is 72.9. The molecule has 0 radical (unpaired) electrons. The van der Waals surface area contributed by atoms with E-state index in [0.717, 1.165) is 6.07 Å². The summed E-state index contributed by atoms with van der Waals surface area (Å²) >= 11 is 5.55. The molecule has 1 aliphatic heterocycles. The van der Waals surface area contributed by atoms with Crippen LogP contribution in [0.25, 0.3) is 0 Å². The summed E-state index contributed by atoms with van der Waals surface area (Å²) in [7, 11) is -4.47. The SMILES string of the molecule is CC(C)(C)OC(=O)N1[C@@H](c2ccc(Cl)c(C(F)(F)F)c2)COS1(=O)=O. The molecule has 0 aromatic heterocycles. The molecular weight excluding hydrogens is 387 g/mol. The minimum atomic E-state index is -4.73. The molecule has 1 heterocycles. The van der Waals surface area contributed by atoms with E-state index < -0.39 is 51.4 Å². The second-order valence-corrected chi connectivity index (χ2v) is 8.16. The second kappa shape index (κ2) is 6.33. The van der Waals surface area contributed by atoms with Crippen molar-refractivity contribution in [2.24, 2.45) is 0 Å². The van der Waals surface area contributed by atoms with Crippen LogP contribution in [0.5, 0.6) is 0 Å². The molecule has 6 nitrogen and oxygen atoms in total. The zero-order valence-electron chi connectivity index (χ0n) is 13.4. The highest BCUT2D eigenvalue weighted by atomic mass is 35.5. The first kappa shape index (κ1) is 19.8. The Morgan fingerprint density at radius 2 is 1.92 bits per heavy atom. The van der Waals surface area contributed by atoms with Gasteiger partial charge in [-0.05, 0) is 38.5 Å². The standard InChI is InChI=1S/C14H15ClF3NO5S/c1-13(2,3)24-12(20)19-11(7-23-25(19,21)22)8-4-5-10(15)9(6-8)14(16,17)18/h4-6,11H,7H2,1-3H3/t11-/m1/s1. The zero-order valence-corrected chi connectivity index (χ0v) is 15.0. The van der Waals surface area contributed by atoms with Crippen LogP contribution in [0.15, 0.2) is 18.2 Å². The highest BCUT2D eigenvalue weighted by Crippen LogP contribution is 2.39. The number of ether oxygens (including phenoxy) is 1. The van der Waals surface area contributed by atoms with Gasteiger partial charge in [0.2, 0.25) is 0 Å². The van der Waals surface area contributed by atoms with E-state index in [0.29, 0.717) is 10.4 Å². The Balaban J connectivity index is 2.46. The van der Waals surface area contributed by atoms with Gasteiger partial charge < -0.3 is 4.74 Å². The van der Waals surface area contributed by atoms with Crippen LogP contribution in [-0.4, -0.2) is 31.0 Å². The smallest absolute Gasteiger partial charge is 0.426 e. The zero-order chi connectivity index (χ0) is 19.2. The molecule has 1 fully saturated rings. The van der Waals surface area contributed by atoms with Crippen LogP contribution < -0.4 is 0 Å². The van der Waals surface area contributed by atoms with Crippen molar-refractivity contribution in [1.82, 2.24) is 4.31 Å². The third-order valence-electron chi connectivity index (χ3n) is 3.15. The summed E-state index contributed by atoms with van der Waals surface area (Å²) in [4.78, 5) is 12.2. The molecule has 0 aliphatic carbocycles. The number of carbonyl (C=O) groups excluding carboxylic acids is 1. The number of nitrogens with zero attached hydrogens (tertiary/aromatic N) is 1. The van der Waals surface area contributed by atoms with E-state index in [1.165, 1.54) is 26.8 Å². The molecule has 0 unspecified atom stereocenters. The van der Waals surface area contributed by atoms with Crippen molar-refractivity contribution in [3.05, 3.63) is 34.3 Å². The molecule has 1 amide bonds. The van der Waals surface area contributed by atoms with Crippen LogP contribution in [0.1, 0.15) is 37.9 Å². The van der Waals surface area contributed by atoms with E-state index in [1.54, 1.807) is 0 Å². The third-order valence-corrected chi connectivity index (χ3v) is 4.80. The van der Waals surface area contributed by atoms with E-state index in [1.807, 2.05) is 0 Å². The van der Waals surface area contributed by atoms with Gasteiger partial charge in [-0.3, -0.25) is 4.18 Å². The van der Waals surface area contributed by atoms with E-state index in [9.17, 15) is 26.4 Å². The number of benzene rings is 1. The molecule has 25 heavy (non-hydrogen) atoms. The fourth-order valence-electron chi connectivity index (χ4n) is 2.16. The van der Waals surface area contributed by atoms with Crippen LogP contribution >= 0.6 is 11.6 Å². The van der Waals surface area contributed by atoms with Gasteiger partial charge in [0.05, 0.1) is 17.2 Å². The predicted octanol–water partition coefficient (Wildman–Crippen LogP) is 3.91. The van der Waals surface area contributed by atoms with Crippen molar-refractivity contribution in [2.75, 3.05) is 6.61 Å². The quantitative estimate of drug-likeness (QED) is 0.713. The Labute approximate surface area is 147 Å². The Bertz CT molecular complexity index is 789. The monoisotopic (exact) mass is 401 g/mol. The largest absolute Gasteiger partial charge is 0.443 e. The molecule has 1 aromatic rings.